The number of hydrazone groups is 1. The maximum absolute atomic E-state index is 6.12. The number of hydrogen-bond acceptors (Lipinski definition) is 3. The first-order chi connectivity index (χ1) is 11.7. The van der Waals surface area contributed by atoms with E-state index in [4.69, 9.17) is 22.3 Å². The van der Waals surface area contributed by atoms with Crippen molar-refractivity contribution in [3.63, 3.8) is 0 Å². The van der Waals surface area contributed by atoms with Gasteiger partial charge in [0.2, 0.25) is 0 Å². The largest absolute Gasteiger partial charge is 0.328 e. The molecule has 124 valence electrons. The number of halogens is 1. The van der Waals surface area contributed by atoms with Crippen LogP contribution in [0.1, 0.15) is 31.2 Å². The average Bonchev–Trinajstić information content (AvgIpc) is 3.00. The Bertz CT molecular complexity index is 756. The molecule has 1 saturated carbocycles. The third-order valence-electron chi connectivity index (χ3n) is 4.72. The van der Waals surface area contributed by atoms with Crippen molar-refractivity contribution in [3.8, 4) is 0 Å². The van der Waals surface area contributed by atoms with Gasteiger partial charge in [-0.25, -0.2) is 4.99 Å². The lowest BCUT2D eigenvalue weighted by atomic mass is 9.92. The monoisotopic (exact) mass is 342 g/mol. The number of nitrogens with two attached hydrogens (primary N) is 1. The second-order valence-electron chi connectivity index (χ2n) is 6.51. The molecule has 0 bridgehead atoms. The first kappa shape index (κ1) is 15.5. The zero-order valence-corrected chi connectivity index (χ0v) is 14.2. The fourth-order valence-electron chi connectivity index (χ4n) is 3.38. The predicted octanol–water partition coefficient (Wildman–Crippen LogP) is 2.29. The fraction of sp³-hybridized carbons (Fsp3) is 0.389. The average molecular weight is 343 g/mol. The Hall–Kier alpha value is -1.98. The van der Waals surface area contributed by atoms with Gasteiger partial charge in [0, 0.05) is 17.1 Å². The second-order valence-corrected chi connectivity index (χ2v) is 6.95. The van der Waals surface area contributed by atoms with Crippen molar-refractivity contribution < 1.29 is 4.68 Å². The maximum Gasteiger partial charge on any atom is 0.294 e. The number of aliphatic imine (C=N–C) groups is 2. The minimum atomic E-state index is -0.0299. The number of hydrogen-bond donors (Lipinski definition) is 2. The Morgan fingerprint density at radius 2 is 2.08 bits per heavy atom. The number of hydrazine groups is 1. The smallest absolute Gasteiger partial charge is 0.294 e. The van der Waals surface area contributed by atoms with Crippen LogP contribution in [0.15, 0.2) is 46.4 Å². The van der Waals surface area contributed by atoms with Crippen LogP contribution in [-0.4, -0.2) is 40.7 Å². The number of amidine groups is 1. The van der Waals surface area contributed by atoms with Crippen LogP contribution in [0.2, 0.25) is 5.02 Å². The van der Waals surface area contributed by atoms with Crippen LogP contribution in [0.25, 0.3) is 0 Å². The first-order valence-corrected chi connectivity index (χ1v) is 8.80. The summed E-state index contributed by atoms with van der Waals surface area (Å²) in [6.45, 7) is 0. The fourth-order valence-corrected chi connectivity index (χ4v) is 3.57. The van der Waals surface area contributed by atoms with Crippen LogP contribution < -0.4 is 11.2 Å². The van der Waals surface area contributed by atoms with Crippen LogP contribution in [0.5, 0.6) is 0 Å². The summed E-state index contributed by atoms with van der Waals surface area (Å²) in [6, 6.07) is 8.51. The number of fused-ring (bicyclic) bond motifs is 1. The summed E-state index contributed by atoms with van der Waals surface area (Å²) in [4.78, 5) is 9.40. The SMILES string of the molecule is NC1CCC(N=C2C=CC3N=CC(c4cccc(Cl)c4)=[N+]3N2)CC1. The third kappa shape index (κ3) is 3.14. The van der Waals surface area contributed by atoms with E-state index in [1.165, 1.54) is 0 Å². The van der Waals surface area contributed by atoms with Crippen LogP contribution in [0, 0.1) is 0 Å². The molecule has 0 saturated heterocycles. The van der Waals surface area contributed by atoms with Crippen LogP contribution in [0.4, 0.5) is 0 Å². The molecule has 1 aromatic rings. The van der Waals surface area contributed by atoms with E-state index >= 15 is 0 Å². The highest BCUT2D eigenvalue weighted by Gasteiger charge is 2.33. The molecule has 0 spiro atoms. The molecule has 6 heteroatoms. The molecule has 1 atom stereocenters. The lowest BCUT2D eigenvalue weighted by Gasteiger charge is -2.24. The molecule has 1 unspecified atom stereocenters. The van der Waals surface area contributed by atoms with Crippen LogP contribution in [0.3, 0.4) is 0 Å². The van der Waals surface area contributed by atoms with Gasteiger partial charge >= 0.3 is 0 Å². The summed E-state index contributed by atoms with van der Waals surface area (Å²) in [5.41, 5.74) is 11.4. The molecule has 3 aliphatic rings. The zero-order valence-electron chi connectivity index (χ0n) is 13.4. The Morgan fingerprint density at radius 3 is 2.88 bits per heavy atom. The van der Waals surface area contributed by atoms with Crippen LogP contribution >= 0.6 is 11.6 Å². The van der Waals surface area contributed by atoms with Gasteiger partial charge < -0.3 is 5.73 Å². The van der Waals surface area contributed by atoms with Crippen molar-refractivity contribution in [3.05, 3.63) is 47.0 Å². The zero-order chi connectivity index (χ0) is 16.5. The van der Waals surface area contributed by atoms with E-state index in [-0.39, 0.29) is 6.17 Å². The second kappa shape index (κ2) is 6.49. The van der Waals surface area contributed by atoms with Gasteiger partial charge in [0.15, 0.2) is 5.84 Å². The molecule has 24 heavy (non-hydrogen) atoms. The standard InChI is InChI=1S/C18H21ClN5/c19-13-3-1-2-12(10-13)16-11-21-18-9-8-17(23-24(16)18)22-15-6-4-14(20)5-7-15/h1-3,8-11,14-15,18H,4-7,20H2,(H,22,23)/q+1. The van der Waals surface area contributed by atoms with Crippen molar-refractivity contribution in [1.82, 2.24) is 5.43 Å². The molecule has 0 amide bonds. The minimum Gasteiger partial charge on any atom is -0.328 e. The van der Waals surface area contributed by atoms with Crippen molar-refractivity contribution in [2.45, 2.75) is 43.9 Å². The molecule has 5 nitrogen and oxygen atoms in total. The summed E-state index contributed by atoms with van der Waals surface area (Å²) in [6.07, 6.45) is 10.2. The number of benzene rings is 1. The molecule has 1 aromatic carbocycles. The lowest BCUT2D eigenvalue weighted by Crippen LogP contribution is -2.44. The molecule has 2 aliphatic heterocycles. The Balaban J connectivity index is 1.59. The molecule has 1 fully saturated rings. The molecule has 2 heterocycles. The van der Waals surface area contributed by atoms with Gasteiger partial charge in [0.05, 0.1) is 11.6 Å². The molecular weight excluding hydrogens is 322 g/mol. The van der Waals surface area contributed by atoms with Crippen molar-refractivity contribution >= 4 is 29.4 Å². The Labute approximate surface area is 146 Å². The number of rotatable bonds is 2. The summed E-state index contributed by atoms with van der Waals surface area (Å²) < 4.78 is 2.04. The Kier molecular flexibility index (Phi) is 4.21. The van der Waals surface area contributed by atoms with Gasteiger partial charge in [-0.1, -0.05) is 22.4 Å². The summed E-state index contributed by atoms with van der Waals surface area (Å²) >= 11 is 6.12. The topological polar surface area (TPSA) is 65.8 Å². The highest BCUT2D eigenvalue weighted by molar-refractivity contribution is 6.38. The Morgan fingerprint density at radius 1 is 1.25 bits per heavy atom. The molecule has 1 aliphatic carbocycles. The maximum atomic E-state index is 6.12. The molecule has 0 aromatic heterocycles. The van der Waals surface area contributed by atoms with Gasteiger partial charge in [-0.3, -0.25) is 4.99 Å². The van der Waals surface area contributed by atoms with Crippen molar-refractivity contribution in [2.75, 3.05) is 0 Å². The van der Waals surface area contributed by atoms with Crippen LogP contribution in [-0.2, 0) is 0 Å². The molecular formula is C18H21ClN5+. The van der Waals surface area contributed by atoms with Gasteiger partial charge in [-0.05, 0) is 50.0 Å². The van der Waals surface area contributed by atoms with E-state index < -0.39 is 0 Å². The summed E-state index contributed by atoms with van der Waals surface area (Å²) in [7, 11) is 0. The summed E-state index contributed by atoms with van der Waals surface area (Å²) in [5.74, 6) is 0.886. The number of nitrogens with one attached hydrogen (secondary N) is 1. The van der Waals surface area contributed by atoms with E-state index in [2.05, 4.69) is 16.5 Å². The molecule has 0 radical (unpaired) electrons. The summed E-state index contributed by atoms with van der Waals surface area (Å²) in [5, 5.41) is 0.719. The first-order valence-electron chi connectivity index (χ1n) is 8.42. The minimum absolute atomic E-state index is 0.0299. The third-order valence-corrected chi connectivity index (χ3v) is 4.95. The van der Waals surface area contributed by atoms with Gasteiger partial charge in [-0.2, -0.15) is 0 Å². The highest BCUT2D eigenvalue weighted by Crippen LogP contribution is 2.21. The van der Waals surface area contributed by atoms with Gasteiger partial charge in [0.1, 0.15) is 6.21 Å². The molecule has 4 rings (SSSR count). The molecule has 3 N–H and O–H groups in total. The highest BCUT2D eigenvalue weighted by atomic mass is 35.5. The predicted molar refractivity (Wildman–Crippen MR) is 98.0 cm³/mol. The van der Waals surface area contributed by atoms with Gasteiger partial charge in [-0.15, -0.1) is 5.43 Å². The quantitative estimate of drug-likeness (QED) is 0.810. The van der Waals surface area contributed by atoms with E-state index in [1.54, 1.807) is 0 Å². The van der Waals surface area contributed by atoms with Crippen molar-refractivity contribution in [1.29, 1.82) is 0 Å². The van der Waals surface area contributed by atoms with E-state index in [9.17, 15) is 0 Å². The van der Waals surface area contributed by atoms with E-state index in [0.717, 1.165) is 47.8 Å². The van der Waals surface area contributed by atoms with Crippen molar-refractivity contribution in [2.24, 2.45) is 15.7 Å². The number of nitrogens with zero attached hydrogens (tertiary/aromatic N) is 3. The van der Waals surface area contributed by atoms with E-state index in [0.29, 0.717) is 12.1 Å². The van der Waals surface area contributed by atoms with Gasteiger partial charge in [0.25, 0.3) is 11.9 Å². The van der Waals surface area contributed by atoms with E-state index in [1.807, 2.05) is 41.2 Å². The lowest BCUT2D eigenvalue weighted by molar-refractivity contribution is -0.590. The normalized spacial score (nSPS) is 30.6.